The third kappa shape index (κ3) is 5.69. The number of Topliss-reactive ketones (excluding diaryl/α,β-unsaturated/α-hetero) is 1. The Labute approximate surface area is 196 Å². The lowest BCUT2D eigenvalue weighted by atomic mass is 10.1. The van der Waals surface area contributed by atoms with Gasteiger partial charge in [-0.25, -0.2) is 0 Å². The highest BCUT2D eigenvalue weighted by Gasteiger charge is 2.19. The van der Waals surface area contributed by atoms with Crippen LogP contribution in [0.4, 0.5) is 5.69 Å². The fourth-order valence-electron chi connectivity index (χ4n) is 3.18. The molecule has 1 aromatic heterocycles. The summed E-state index contributed by atoms with van der Waals surface area (Å²) < 4.78 is 7.86. The van der Waals surface area contributed by atoms with E-state index in [2.05, 4.69) is 15.5 Å². The van der Waals surface area contributed by atoms with E-state index >= 15 is 0 Å². The predicted molar refractivity (Wildman–Crippen MR) is 127 cm³/mol. The second-order valence-electron chi connectivity index (χ2n) is 7.50. The zero-order valence-electron chi connectivity index (χ0n) is 18.6. The lowest BCUT2D eigenvalue weighted by molar-refractivity contribution is -0.113. The van der Waals surface area contributed by atoms with Crippen LogP contribution in [-0.4, -0.2) is 32.2 Å². The molecule has 1 unspecified atom stereocenters. The number of nitrogens with one attached hydrogen (secondary N) is 1. The highest BCUT2D eigenvalue weighted by Crippen LogP contribution is 2.29. The molecule has 0 aliphatic rings. The molecule has 0 fully saturated rings. The minimum absolute atomic E-state index is 0.0534. The van der Waals surface area contributed by atoms with Gasteiger partial charge in [-0.1, -0.05) is 35.5 Å². The van der Waals surface area contributed by atoms with E-state index in [0.717, 1.165) is 16.1 Å². The number of halogens is 1. The molecule has 0 bridgehead atoms. The van der Waals surface area contributed by atoms with Gasteiger partial charge in [-0.05, 0) is 63.1 Å². The number of ether oxygens (including phenoxy) is 1. The van der Waals surface area contributed by atoms with Gasteiger partial charge >= 0.3 is 0 Å². The van der Waals surface area contributed by atoms with E-state index in [9.17, 15) is 9.59 Å². The van der Waals surface area contributed by atoms with Crippen molar-refractivity contribution in [1.82, 2.24) is 14.8 Å². The first kappa shape index (κ1) is 23.8. The van der Waals surface area contributed by atoms with Crippen molar-refractivity contribution in [3.8, 4) is 5.75 Å². The molecule has 3 rings (SSSR count). The Kier molecular flexibility index (Phi) is 7.58. The number of amides is 1. The number of hydrogen-bond donors (Lipinski definition) is 1. The fraction of sp³-hybridized carbons (Fsp3) is 0.304. The third-order valence-electron chi connectivity index (χ3n) is 4.84. The Bertz CT molecular complexity index is 1140. The average molecular weight is 473 g/mol. The van der Waals surface area contributed by atoms with Crippen molar-refractivity contribution in [3.63, 3.8) is 0 Å². The highest BCUT2D eigenvalue weighted by molar-refractivity contribution is 7.99. The van der Waals surface area contributed by atoms with Crippen LogP contribution in [-0.2, 0) is 11.8 Å². The van der Waals surface area contributed by atoms with Gasteiger partial charge in [-0.2, -0.15) is 0 Å². The first-order valence-electron chi connectivity index (χ1n) is 10.0. The number of anilines is 1. The normalized spacial score (nSPS) is 11.8. The van der Waals surface area contributed by atoms with Crippen molar-refractivity contribution >= 4 is 40.7 Å². The maximum Gasteiger partial charge on any atom is 0.234 e. The lowest BCUT2D eigenvalue weighted by Crippen LogP contribution is -2.15. The van der Waals surface area contributed by atoms with E-state index in [4.69, 9.17) is 16.3 Å². The Morgan fingerprint density at radius 2 is 1.88 bits per heavy atom. The van der Waals surface area contributed by atoms with E-state index in [-0.39, 0.29) is 23.5 Å². The number of carbonyl (C=O) groups is 2. The molecule has 168 valence electrons. The maximum absolute atomic E-state index is 12.3. The van der Waals surface area contributed by atoms with Gasteiger partial charge in [0.25, 0.3) is 0 Å². The molecule has 9 heteroatoms. The molecule has 32 heavy (non-hydrogen) atoms. The number of aryl methyl sites for hydroxylation is 2. The second kappa shape index (κ2) is 10.2. The fourth-order valence-corrected chi connectivity index (χ4v) is 4.01. The molecule has 0 saturated heterocycles. The summed E-state index contributed by atoms with van der Waals surface area (Å²) in [7, 11) is 1.84. The Morgan fingerprint density at radius 3 is 2.53 bits per heavy atom. The SMILES string of the molecule is CC(=O)c1cccc(NC(=O)CSc2nnc(C(C)Oc3cc(C)c(Cl)c(C)c3)n2C)c1. The Hall–Kier alpha value is -2.84. The van der Waals surface area contributed by atoms with Crippen LogP contribution < -0.4 is 10.1 Å². The van der Waals surface area contributed by atoms with Crippen LogP contribution in [0.2, 0.25) is 5.02 Å². The number of ketones is 1. The molecule has 2 aromatic carbocycles. The van der Waals surface area contributed by atoms with Crippen LogP contribution in [0, 0.1) is 13.8 Å². The zero-order valence-corrected chi connectivity index (χ0v) is 20.2. The quantitative estimate of drug-likeness (QED) is 0.360. The first-order valence-corrected chi connectivity index (χ1v) is 11.4. The van der Waals surface area contributed by atoms with Crippen molar-refractivity contribution in [1.29, 1.82) is 0 Å². The van der Waals surface area contributed by atoms with Crippen molar-refractivity contribution in [2.75, 3.05) is 11.1 Å². The molecule has 0 radical (unpaired) electrons. The highest BCUT2D eigenvalue weighted by atomic mass is 35.5. The molecular weight excluding hydrogens is 448 g/mol. The lowest BCUT2D eigenvalue weighted by Gasteiger charge is -2.16. The standard InChI is InChI=1S/C23H25ClN4O3S/c1-13-9-19(10-14(2)21(13)24)31-16(4)22-26-27-23(28(22)5)32-12-20(30)25-18-8-6-7-17(11-18)15(3)29/h6-11,16H,12H2,1-5H3,(H,25,30). The molecule has 7 nitrogen and oxygen atoms in total. The van der Waals surface area contributed by atoms with E-state index in [1.165, 1.54) is 18.7 Å². The summed E-state index contributed by atoms with van der Waals surface area (Å²) in [6.45, 7) is 7.26. The van der Waals surface area contributed by atoms with Crippen molar-refractivity contribution in [2.24, 2.45) is 7.05 Å². The molecular formula is C23H25ClN4O3S. The van der Waals surface area contributed by atoms with Gasteiger partial charge in [0.15, 0.2) is 22.9 Å². The second-order valence-corrected chi connectivity index (χ2v) is 8.83. The molecule has 0 aliphatic heterocycles. The van der Waals surface area contributed by atoms with Crippen molar-refractivity contribution in [2.45, 2.75) is 39.0 Å². The van der Waals surface area contributed by atoms with E-state index < -0.39 is 0 Å². The van der Waals surface area contributed by atoms with Gasteiger partial charge in [0.2, 0.25) is 5.91 Å². The van der Waals surface area contributed by atoms with E-state index in [1.54, 1.807) is 24.3 Å². The molecule has 0 saturated carbocycles. The summed E-state index contributed by atoms with van der Waals surface area (Å²) in [5, 5.41) is 12.6. The van der Waals surface area contributed by atoms with Gasteiger partial charge in [-0.15, -0.1) is 10.2 Å². The number of hydrogen-bond acceptors (Lipinski definition) is 6. The van der Waals surface area contributed by atoms with Crippen LogP contribution in [0.5, 0.6) is 5.75 Å². The van der Waals surface area contributed by atoms with Crippen molar-refractivity contribution < 1.29 is 14.3 Å². The van der Waals surface area contributed by atoms with E-state index in [1.807, 2.05) is 44.5 Å². The number of benzene rings is 2. The molecule has 1 heterocycles. The van der Waals surface area contributed by atoms with Gasteiger partial charge in [0.1, 0.15) is 5.75 Å². The van der Waals surface area contributed by atoms with E-state index in [0.29, 0.717) is 28.0 Å². The summed E-state index contributed by atoms with van der Waals surface area (Å²) in [6.07, 6.45) is -0.343. The molecule has 1 amide bonds. The van der Waals surface area contributed by atoms with Crippen LogP contribution in [0.15, 0.2) is 41.6 Å². The molecule has 1 N–H and O–H groups in total. The predicted octanol–water partition coefficient (Wildman–Crippen LogP) is 5.16. The molecule has 1 atom stereocenters. The van der Waals surface area contributed by atoms with Gasteiger partial charge < -0.3 is 14.6 Å². The number of aromatic nitrogens is 3. The number of carbonyl (C=O) groups excluding carboxylic acids is 2. The van der Waals surface area contributed by atoms with Gasteiger partial charge in [0, 0.05) is 23.3 Å². The summed E-state index contributed by atoms with van der Waals surface area (Å²) in [5.74, 6) is 1.26. The summed E-state index contributed by atoms with van der Waals surface area (Å²) in [4.78, 5) is 23.8. The number of rotatable bonds is 8. The Morgan fingerprint density at radius 1 is 1.19 bits per heavy atom. The number of nitrogens with zero attached hydrogens (tertiary/aromatic N) is 3. The summed E-state index contributed by atoms with van der Waals surface area (Å²) >= 11 is 7.51. The minimum atomic E-state index is -0.343. The first-order chi connectivity index (χ1) is 15.2. The van der Waals surface area contributed by atoms with Crippen LogP contribution in [0.1, 0.15) is 47.3 Å². The largest absolute Gasteiger partial charge is 0.483 e. The smallest absolute Gasteiger partial charge is 0.234 e. The van der Waals surface area contributed by atoms with Gasteiger partial charge in [0.05, 0.1) is 5.75 Å². The zero-order chi connectivity index (χ0) is 23.4. The monoisotopic (exact) mass is 472 g/mol. The minimum Gasteiger partial charge on any atom is -0.483 e. The molecule has 0 spiro atoms. The van der Waals surface area contributed by atoms with Crippen LogP contribution in [0.3, 0.4) is 0 Å². The van der Waals surface area contributed by atoms with Crippen LogP contribution >= 0.6 is 23.4 Å². The maximum atomic E-state index is 12.3. The topological polar surface area (TPSA) is 86.1 Å². The summed E-state index contributed by atoms with van der Waals surface area (Å²) in [5.41, 5.74) is 3.02. The molecule has 3 aromatic rings. The number of thioether (sulfide) groups is 1. The van der Waals surface area contributed by atoms with Crippen molar-refractivity contribution in [3.05, 3.63) is 63.9 Å². The van der Waals surface area contributed by atoms with Crippen LogP contribution in [0.25, 0.3) is 0 Å². The van der Waals surface area contributed by atoms with Gasteiger partial charge in [-0.3, -0.25) is 9.59 Å². The molecule has 0 aliphatic carbocycles. The average Bonchev–Trinajstić information content (AvgIpc) is 3.11. The summed E-state index contributed by atoms with van der Waals surface area (Å²) in [6, 6.07) is 10.6. The third-order valence-corrected chi connectivity index (χ3v) is 6.46. The Balaban J connectivity index is 1.61.